The Balaban J connectivity index is 1.37. The van der Waals surface area contributed by atoms with Gasteiger partial charge in [-0.05, 0) is 73.2 Å². The fourth-order valence-electron chi connectivity index (χ4n) is 6.57. The minimum absolute atomic E-state index is 0.00976. The number of hydrogen-bond donors (Lipinski definition) is 4. The number of benzene rings is 6. The second kappa shape index (κ2) is 19.0. The summed E-state index contributed by atoms with van der Waals surface area (Å²) in [6.45, 7) is 3.70. The molecule has 6 rings (SSSR count). The summed E-state index contributed by atoms with van der Waals surface area (Å²) in [5, 5.41) is 6.18. The van der Waals surface area contributed by atoms with Gasteiger partial charge < -0.3 is 10.6 Å². The third-order valence-electron chi connectivity index (χ3n) is 9.70. The summed E-state index contributed by atoms with van der Waals surface area (Å²) < 4.78 is 60.3. The van der Waals surface area contributed by atoms with Crippen LogP contribution in [0.4, 0.5) is 0 Å². The average molecular weight is 815 g/mol. The van der Waals surface area contributed by atoms with Crippen LogP contribution < -0.4 is 20.1 Å². The highest BCUT2D eigenvalue weighted by Crippen LogP contribution is 2.30. The highest BCUT2D eigenvalue weighted by atomic mass is 32.2. The molecule has 0 unspecified atom stereocenters. The fraction of sp³-hybridized carbons (Fsp3) is 0.174. The summed E-state index contributed by atoms with van der Waals surface area (Å²) in [5.74, 6) is -1.27. The van der Waals surface area contributed by atoms with Gasteiger partial charge in [-0.2, -0.15) is 9.44 Å². The first-order chi connectivity index (χ1) is 27.9. The van der Waals surface area contributed by atoms with E-state index in [-0.39, 0.29) is 22.6 Å². The van der Waals surface area contributed by atoms with Crippen LogP contribution in [0.3, 0.4) is 0 Å². The number of hydrogen-bond acceptors (Lipinski definition) is 6. The molecule has 6 aromatic carbocycles. The molecular formula is C46H46N4O6S2. The zero-order chi connectivity index (χ0) is 41.1. The van der Waals surface area contributed by atoms with Crippen molar-refractivity contribution in [3.05, 3.63) is 203 Å². The molecule has 0 aliphatic rings. The van der Waals surface area contributed by atoms with E-state index in [0.717, 1.165) is 22.3 Å². The van der Waals surface area contributed by atoms with Gasteiger partial charge in [0.15, 0.2) is 0 Å². The van der Waals surface area contributed by atoms with Crippen LogP contribution in [0.15, 0.2) is 180 Å². The van der Waals surface area contributed by atoms with Crippen molar-refractivity contribution in [2.45, 2.75) is 60.6 Å². The quantitative estimate of drug-likeness (QED) is 0.0827. The van der Waals surface area contributed by atoms with E-state index in [1.807, 2.05) is 86.6 Å². The average Bonchev–Trinajstić information content (AvgIpc) is 3.23. The molecule has 298 valence electrons. The third-order valence-corrected chi connectivity index (χ3v) is 12.7. The summed E-state index contributed by atoms with van der Waals surface area (Å²) in [6.07, 6.45) is 0.0587. The number of aryl methyl sites for hydroxylation is 2. The van der Waals surface area contributed by atoms with Crippen molar-refractivity contribution in [3.8, 4) is 0 Å². The maximum Gasteiger partial charge on any atom is 0.241 e. The van der Waals surface area contributed by atoms with E-state index in [9.17, 15) is 26.4 Å². The maximum absolute atomic E-state index is 14.6. The first-order valence-corrected chi connectivity index (χ1v) is 21.8. The van der Waals surface area contributed by atoms with Crippen molar-refractivity contribution in [2.24, 2.45) is 0 Å². The molecule has 0 saturated heterocycles. The lowest BCUT2D eigenvalue weighted by Crippen LogP contribution is -2.53. The van der Waals surface area contributed by atoms with Gasteiger partial charge in [0.05, 0.1) is 21.9 Å². The minimum Gasteiger partial charge on any atom is -0.345 e. The number of rotatable bonds is 17. The Morgan fingerprint density at radius 2 is 0.724 bits per heavy atom. The number of nitrogens with one attached hydrogen (secondary N) is 4. The molecule has 0 aliphatic heterocycles. The van der Waals surface area contributed by atoms with Crippen LogP contribution in [0.1, 0.15) is 45.5 Å². The Morgan fingerprint density at radius 1 is 0.431 bits per heavy atom. The lowest BCUT2D eigenvalue weighted by molar-refractivity contribution is -0.126. The molecule has 58 heavy (non-hydrogen) atoms. The molecule has 0 aromatic heterocycles. The monoisotopic (exact) mass is 814 g/mol. The van der Waals surface area contributed by atoms with Crippen LogP contribution in [-0.4, -0.2) is 40.7 Å². The molecule has 12 heteroatoms. The van der Waals surface area contributed by atoms with E-state index in [0.29, 0.717) is 11.1 Å². The van der Waals surface area contributed by atoms with Crippen molar-refractivity contribution < 1.29 is 26.4 Å². The molecule has 0 saturated carbocycles. The Bertz CT molecular complexity index is 2310. The lowest BCUT2D eigenvalue weighted by atomic mass is 9.92. The van der Waals surface area contributed by atoms with Gasteiger partial charge in [-0.1, -0.05) is 157 Å². The number of sulfonamides is 2. The van der Waals surface area contributed by atoms with Gasteiger partial charge in [0.25, 0.3) is 0 Å². The molecule has 2 amide bonds. The van der Waals surface area contributed by atoms with Crippen LogP contribution in [0.5, 0.6) is 0 Å². The normalized spacial score (nSPS) is 13.8. The first-order valence-electron chi connectivity index (χ1n) is 18.8. The van der Waals surface area contributed by atoms with Crippen LogP contribution in [0, 0.1) is 13.8 Å². The minimum atomic E-state index is -4.16. The summed E-state index contributed by atoms with van der Waals surface area (Å²) in [5.41, 5.74) is 4.44. The number of carbonyl (C=O) groups is 2. The summed E-state index contributed by atoms with van der Waals surface area (Å²) in [6, 6.07) is 44.5. The Hall–Kier alpha value is -5.92. The van der Waals surface area contributed by atoms with Gasteiger partial charge >= 0.3 is 0 Å². The van der Waals surface area contributed by atoms with E-state index in [1.54, 1.807) is 72.8 Å². The molecule has 0 radical (unpaired) electrons. The molecule has 10 nitrogen and oxygen atoms in total. The topological polar surface area (TPSA) is 151 Å². The molecule has 4 atom stereocenters. The van der Waals surface area contributed by atoms with Crippen molar-refractivity contribution in [1.82, 2.24) is 20.1 Å². The van der Waals surface area contributed by atoms with E-state index in [1.165, 1.54) is 24.3 Å². The number of carbonyl (C=O) groups excluding carboxylic acids is 2. The standard InChI is InChI=1S/C46H46N4O6S2/c1-33-23-27-39(28-24-33)57(53,54)49-41(31-35-15-7-3-8-16-35)45(51)47-43(37-19-11-5-12-20-37)44(38-21-13-6-14-22-38)48-46(52)42(32-36-17-9-4-10-18-36)50-58(55,56)40-29-25-34(2)26-30-40/h3-30,41-44,49-50H,31-32H2,1-2H3,(H,47,51)(H,48,52)/t41-,42-,43+,44+/m1/s1. The zero-order valence-electron chi connectivity index (χ0n) is 32.2. The predicted octanol–water partition coefficient (Wildman–Crippen LogP) is 6.50. The van der Waals surface area contributed by atoms with Crippen LogP contribution in [-0.2, 0) is 42.5 Å². The van der Waals surface area contributed by atoms with Gasteiger partial charge in [-0.15, -0.1) is 0 Å². The number of amides is 2. The van der Waals surface area contributed by atoms with Gasteiger partial charge in [0.1, 0.15) is 12.1 Å². The Morgan fingerprint density at radius 3 is 1.03 bits per heavy atom. The molecule has 0 spiro atoms. The summed E-state index contributed by atoms with van der Waals surface area (Å²) in [7, 11) is -8.33. The molecule has 0 aliphatic carbocycles. The highest BCUT2D eigenvalue weighted by molar-refractivity contribution is 7.89. The van der Waals surface area contributed by atoms with Crippen molar-refractivity contribution in [2.75, 3.05) is 0 Å². The lowest BCUT2D eigenvalue weighted by Gasteiger charge is -2.32. The van der Waals surface area contributed by atoms with Crippen LogP contribution >= 0.6 is 0 Å². The summed E-state index contributed by atoms with van der Waals surface area (Å²) in [4.78, 5) is 29.3. The first kappa shape index (κ1) is 41.7. The van der Waals surface area contributed by atoms with E-state index in [2.05, 4.69) is 20.1 Å². The van der Waals surface area contributed by atoms with E-state index < -0.39 is 56.0 Å². The largest absolute Gasteiger partial charge is 0.345 e. The molecule has 4 N–H and O–H groups in total. The Labute approximate surface area is 340 Å². The Kier molecular flexibility index (Phi) is 13.7. The second-order valence-corrected chi connectivity index (χ2v) is 17.6. The van der Waals surface area contributed by atoms with Gasteiger partial charge in [0, 0.05) is 0 Å². The SMILES string of the molecule is Cc1ccc(S(=O)(=O)N[C@H](Cc2ccccc2)C(=O)N[C@@H](c2ccccc2)[C@@H](NC(=O)[C@@H](Cc2ccccc2)NS(=O)(=O)c2ccc(C)cc2)c2ccccc2)cc1. The second-order valence-electron chi connectivity index (χ2n) is 14.1. The van der Waals surface area contributed by atoms with Crippen LogP contribution in [0.2, 0.25) is 0 Å². The molecule has 0 fully saturated rings. The molecule has 0 heterocycles. The smallest absolute Gasteiger partial charge is 0.241 e. The van der Waals surface area contributed by atoms with Crippen molar-refractivity contribution >= 4 is 31.9 Å². The fourth-order valence-corrected chi connectivity index (χ4v) is 8.96. The molecule has 6 aromatic rings. The summed E-state index contributed by atoms with van der Waals surface area (Å²) >= 11 is 0. The third kappa shape index (κ3) is 11.1. The van der Waals surface area contributed by atoms with Crippen molar-refractivity contribution in [3.63, 3.8) is 0 Å². The van der Waals surface area contributed by atoms with Gasteiger partial charge in [-0.25, -0.2) is 16.8 Å². The predicted molar refractivity (Wildman–Crippen MR) is 226 cm³/mol. The van der Waals surface area contributed by atoms with Gasteiger partial charge in [-0.3, -0.25) is 9.59 Å². The van der Waals surface area contributed by atoms with Crippen molar-refractivity contribution in [1.29, 1.82) is 0 Å². The maximum atomic E-state index is 14.6. The van der Waals surface area contributed by atoms with E-state index >= 15 is 0 Å². The molecular weight excluding hydrogens is 769 g/mol. The highest BCUT2D eigenvalue weighted by Gasteiger charge is 2.35. The van der Waals surface area contributed by atoms with Crippen LogP contribution in [0.25, 0.3) is 0 Å². The van der Waals surface area contributed by atoms with Gasteiger partial charge in [0.2, 0.25) is 31.9 Å². The molecule has 0 bridgehead atoms. The van der Waals surface area contributed by atoms with E-state index in [4.69, 9.17) is 0 Å². The zero-order valence-corrected chi connectivity index (χ0v) is 33.8.